The minimum atomic E-state index is -0.811. The molecule has 0 aromatic heterocycles. The fourth-order valence-corrected chi connectivity index (χ4v) is 7.27. The lowest BCUT2D eigenvalue weighted by Crippen LogP contribution is -2.30. The first-order valence-electron chi connectivity index (χ1n) is 27.3. The molecule has 0 aliphatic heterocycles. The Labute approximate surface area is 407 Å². The van der Waals surface area contributed by atoms with Gasteiger partial charge in [-0.3, -0.25) is 14.4 Å². The standard InChI is InChI=1S/C60H100O6/c1-4-7-10-13-16-19-22-25-27-29-31-33-35-38-41-44-47-50-53-59(62)65-56-57(55-64-58(61)52-49-46-43-40-37-24-21-18-15-12-9-6-3)66-60(63)54-51-48-45-42-39-36-34-32-30-28-26-23-20-17-14-11-8-5-2/h9,12,18,21-22,25,27-34,37,40,57H,4-8,10-11,13-17,19-20,23-24,26,35-36,38-39,41-56H2,1-3H3/b12-9-,21-18-,25-22-,29-27-,30-28-,33-31-,34-32-,40-37-. The van der Waals surface area contributed by atoms with E-state index in [1.165, 1.54) is 83.5 Å². The van der Waals surface area contributed by atoms with Gasteiger partial charge in [0.2, 0.25) is 0 Å². The van der Waals surface area contributed by atoms with Crippen molar-refractivity contribution in [2.24, 2.45) is 0 Å². The zero-order valence-corrected chi connectivity index (χ0v) is 42.9. The Morgan fingerprint density at radius 1 is 0.333 bits per heavy atom. The fraction of sp³-hybridized carbons (Fsp3) is 0.683. The molecule has 0 N–H and O–H groups in total. The summed E-state index contributed by atoms with van der Waals surface area (Å²) in [4.78, 5) is 38.0. The summed E-state index contributed by atoms with van der Waals surface area (Å²) in [6, 6.07) is 0. The quantitative estimate of drug-likeness (QED) is 0.0199. The highest BCUT2D eigenvalue weighted by Crippen LogP contribution is 2.13. The zero-order valence-electron chi connectivity index (χ0n) is 42.9. The number of hydrogen-bond acceptors (Lipinski definition) is 6. The van der Waals surface area contributed by atoms with E-state index in [1.54, 1.807) is 0 Å². The van der Waals surface area contributed by atoms with E-state index in [1.807, 2.05) is 0 Å². The molecular formula is C60H100O6. The Kier molecular flexibility index (Phi) is 50.9. The van der Waals surface area contributed by atoms with Gasteiger partial charge in [0.25, 0.3) is 0 Å². The SMILES string of the molecule is CC/C=C\C/C=C\C/C=C\CCCCC(=O)OCC(COC(=O)CCCCCCC\C=C/C=C\C=C/CCCCCCC)OC(=O)CCCCCCC/C=C\C=C/CCCCCCCCC. The molecule has 0 heterocycles. The van der Waals surface area contributed by atoms with Gasteiger partial charge in [-0.2, -0.15) is 0 Å². The van der Waals surface area contributed by atoms with E-state index in [9.17, 15) is 14.4 Å². The first kappa shape index (κ1) is 62.3. The highest BCUT2D eigenvalue weighted by atomic mass is 16.6. The molecule has 376 valence electrons. The second kappa shape index (κ2) is 53.9. The summed E-state index contributed by atoms with van der Waals surface area (Å²) in [5.41, 5.74) is 0. The summed E-state index contributed by atoms with van der Waals surface area (Å²) in [5, 5.41) is 0. The molecule has 0 aliphatic carbocycles. The lowest BCUT2D eigenvalue weighted by atomic mass is 10.1. The van der Waals surface area contributed by atoms with E-state index in [2.05, 4.69) is 118 Å². The van der Waals surface area contributed by atoms with Crippen LogP contribution in [0.25, 0.3) is 0 Å². The number of unbranched alkanes of at least 4 members (excludes halogenated alkanes) is 24. The van der Waals surface area contributed by atoms with Crippen LogP contribution in [0.4, 0.5) is 0 Å². The summed E-state index contributed by atoms with van der Waals surface area (Å²) >= 11 is 0. The van der Waals surface area contributed by atoms with Gasteiger partial charge in [-0.15, -0.1) is 0 Å². The summed E-state index contributed by atoms with van der Waals surface area (Å²) in [6.45, 7) is 6.43. The topological polar surface area (TPSA) is 78.9 Å². The molecule has 6 nitrogen and oxygen atoms in total. The van der Waals surface area contributed by atoms with Crippen molar-refractivity contribution < 1.29 is 28.6 Å². The van der Waals surface area contributed by atoms with Crippen LogP contribution in [0.15, 0.2) is 97.2 Å². The van der Waals surface area contributed by atoms with E-state index in [0.29, 0.717) is 19.3 Å². The monoisotopic (exact) mass is 917 g/mol. The zero-order chi connectivity index (χ0) is 47.9. The van der Waals surface area contributed by atoms with Crippen LogP contribution in [-0.4, -0.2) is 37.2 Å². The average Bonchev–Trinajstić information content (AvgIpc) is 3.31. The van der Waals surface area contributed by atoms with Crippen LogP contribution in [0.1, 0.15) is 245 Å². The molecule has 0 saturated carbocycles. The van der Waals surface area contributed by atoms with Crippen molar-refractivity contribution in [3.8, 4) is 0 Å². The lowest BCUT2D eigenvalue weighted by molar-refractivity contribution is -0.167. The first-order valence-corrected chi connectivity index (χ1v) is 27.3. The third-order valence-corrected chi connectivity index (χ3v) is 11.4. The minimum Gasteiger partial charge on any atom is -0.462 e. The van der Waals surface area contributed by atoms with Crippen molar-refractivity contribution in [2.45, 2.75) is 252 Å². The van der Waals surface area contributed by atoms with Crippen molar-refractivity contribution in [2.75, 3.05) is 13.2 Å². The van der Waals surface area contributed by atoms with Gasteiger partial charge in [0.15, 0.2) is 6.10 Å². The van der Waals surface area contributed by atoms with E-state index in [4.69, 9.17) is 14.2 Å². The molecule has 6 heteroatoms. The highest BCUT2D eigenvalue weighted by molar-refractivity contribution is 5.71. The molecule has 66 heavy (non-hydrogen) atoms. The third-order valence-electron chi connectivity index (χ3n) is 11.4. The summed E-state index contributed by atoms with van der Waals surface area (Å²) in [7, 11) is 0. The molecule has 0 saturated heterocycles. The predicted octanol–water partition coefficient (Wildman–Crippen LogP) is 18.1. The van der Waals surface area contributed by atoms with Crippen LogP contribution in [0, 0.1) is 0 Å². The molecule has 0 rings (SSSR count). The van der Waals surface area contributed by atoms with Crippen molar-refractivity contribution in [1.82, 2.24) is 0 Å². The Bertz CT molecular complexity index is 1330. The normalized spacial score (nSPS) is 12.8. The number of esters is 3. The third kappa shape index (κ3) is 51.3. The van der Waals surface area contributed by atoms with Gasteiger partial charge >= 0.3 is 17.9 Å². The molecule has 0 fully saturated rings. The molecular weight excluding hydrogens is 817 g/mol. The lowest BCUT2D eigenvalue weighted by Gasteiger charge is -2.18. The van der Waals surface area contributed by atoms with Gasteiger partial charge in [0.1, 0.15) is 13.2 Å². The second-order valence-corrected chi connectivity index (χ2v) is 17.8. The maximum absolute atomic E-state index is 12.8. The van der Waals surface area contributed by atoms with E-state index in [-0.39, 0.29) is 31.1 Å². The van der Waals surface area contributed by atoms with E-state index < -0.39 is 6.10 Å². The molecule has 0 spiro atoms. The number of carbonyl (C=O) groups excluding carboxylic acids is 3. The first-order chi connectivity index (χ1) is 32.5. The predicted molar refractivity (Wildman–Crippen MR) is 284 cm³/mol. The van der Waals surface area contributed by atoms with Gasteiger partial charge in [-0.25, -0.2) is 0 Å². The number of hydrogen-bond donors (Lipinski definition) is 0. The second-order valence-electron chi connectivity index (χ2n) is 17.8. The summed E-state index contributed by atoms with van der Waals surface area (Å²) in [6.07, 6.45) is 71.1. The Morgan fingerprint density at radius 3 is 1.09 bits per heavy atom. The number of ether oxygens (including phenoxy) is 3. The minimum absolute atomic E-state index is 0.108. The summed E-state index contributed by atoms with van der Waals surface area (Å²) < 4.78 is 16.8. The van der Waals surface area contributed by atoms with Gasteiger partial charge in [0.05, 0.1) is 0 Å². The van der Waals surface area contributed by atoms with Gasteiger partial charge in [0, 0.05) is 19.3 Å². The smallest absolute Gasteiger partial charge is 0.306 e. The number of carbonyl (C=O) groups is 3. The van der Waals surface area contributed by atoms with Crippen molar-refractivity contribution in [3.63, 3.8) is 0 Å². The molecule has 1 atom stereocenters. The van der Waals surface area contributed by atoms with Crippen molar-refractivity contribution in [3.05, 3.63) is 97.2 Å². The van der Waals surface area contributed by atoms with Crippen LogP contribution in [0.5, 0.6) is 0 Å². The Hall–Kier alpha value is -3.67. The molecule has 1 unspecified atom stereocenters. The van der Waals surface area contributed by atoms with Crippen molar-refractivity contribution >= 4 is 17.9 Å². The summed E-state index contributed by atoms with van der Waals surface area (Å²) in [5.74, 6) is -0.982. The van der Waals surface area contributed by atoms with E-state index >= 15 is 0 Å². The van der Waals surface area contributed by atoms with Gasteiger partial charge in [-0.1, -0.05) is 221 Å². The van der Waals surface area contributed by atoms with Crippen LogP contribution in [-0.2, 0) is 28.6 Å². The molecule has 0 bridgehead atoms. The largest absolute Gasteiger partial charge is 0.462 e. The fourth-order valence-electron chi connectivity index (χ4n) is 7.27. The Morgan fingerprint density at radius 2 is 0.652 bits per heavy atom. The molecule has 0 aromatic rings. The average molecular weight is 917 g/mol. The van der Waals surface area contributed by atoms with Crippen LogP contribution in [0.2, 0.25) is 0 Å². The van der Waals surface area contributed by atoms with Crippen LogP contribution < -0.4 is 0 Å². The number of allylic oxidation sites excluding steroid dienone is 16. The Balaban J connectivity index is 4.48. The highest BCUT2D eigenvalue weighted by Gasteiger charge is 2.19. The van der Waals surface area contributed by atoms with Gasteiger partial charge in [-0.05, 0) is 103 Å². The molecule has 0 aromatic carbocycles. The molecule has 0 radical (unpaired) electrons. The van der Waals surface area contributed by atoms with Gasteiger partial charge < -0.3 is 14.2 Å². The van der Waals surface area contributed by atoms with Crippen LogP contribution >= 0.6 is 0 Å². The number of rotatable bonds is 48. The van der Waals surface area contributed by atoms with Crippen molar-refractivity contribution in [1.29, 1.82) is 0 Å². The van der Waals surface area contributed by atoms with Crippen LogP contribution in [0.3, 0.4) is 0 Å². The molecule has 0 amide bonds. The maximum Gasteiger partial charge on any atom is 0.306 e. The van der Waals surface area contributed by atoms with E-state index in [0.717, 1.165) is 122 Å². The maximum atomic E-state index is 12.8. The molecule has 0 aliphatic rings.